The van der Waals surface area contributed by atoms with Gasteiger partial charge in [0.1, 0.15) is 18.7 Å². The Labute approximate surface area is 160 Å². The van der Waals surface area contributed by atoms with Gasteiger partial charge >= 0.3 is 5.97 Å². The lowest BCUT2D eigenvalue weighted by Crippen LogP contribution is -2.45. The van der Waals surface area contributed by atoms with Gasteiger partial charge < -0.3 is 20.4 Å². The second-order valence-electron chi connectivity index (χ2n) is 7.02. The van der Waals surface area contributed by atoms with Crippen molar-refractivity contribution >= 4 is 5.97 Å². The lowest BCUT2D eigenvalue weighted by Gasteiger charge is -2.30. The highest BCUT2D eigenvalue weighted by molar-refractivity contribution is 5.66. The summed E-state index contributed by atoms with van der Waals surface area (Å²) in [5.41, 5.74) is 0. The Morgan fingerprint density at radius 3 is 1.23 bits per heavy atom. The monoisotopic (exact) mass is 377 g/mol. The molecule has 0 bridgehead atoms. The molecule has 0 saturated carbocycles. The molecule has 0 spiro atoms. The fourth-order valence-corrected chi connectivity index (χ4v) is 2.88. The van der Waals surface area contributed by atoms with Crippen LogP contribution in [-0.4, -0.2) is 50.0 Å². The first-order chi connectivity index (χ1) is 12.2. The highest BCUT2D eigenvalue weighted by Crippen LogP contribution is 2.11. The number of aliphatic hydroxyl groups is 3. The van der Waals surface area contributed by atoms with E-state index in [9.17, 15) is 4.79 Å². The van der Waals surface area contributed by atoms with Gasteiger partial charge in [-0.05, 0) is 27.2 Å². The Kier molecular flexibility index (Phi) is 20.2. The molecule has 0 aliphatic carbocycles. The van der Waals surface area contributed by atoms with Gasteiger partial charge in [-0.25, -0.2) is 4.90 Å². The number of nitrogens with zero attached hydrogens (tertiary/aromatic N) is 1. The Morgan fingerprint density at radius 1 is 0.692 bits per heavy atom. The standard InChI is InChI=1S/C14H28O2.C6H15NO3/c1-2-3-4-5-6-7-8-9-10-11-12-13-14(15)16;1-4(8)7(5(2)9)6(3)10/h2-13H2,1H3,(H,15,16);4-6,8-10H,1-3H3. The molecule has 158 valence electrons. The third kappa shape index (κ3) is 19.6. The predicted octanol–water partition coefficient (Wildman–Crippen LogP) is 4.08. The molecule has 0 saturated heterocycles. The van der Waals surface area contributed by atoms with E-state index >= 15 is 0 Å². The van der Waals surface area contributed by atoms with Gasteiger partial charge in [0.2, 0.25) is 0 Å². The van der Waals surface area contributed by atoms with E-state index in [4.69, 9.17) is 20.4 Å². The van der Waals surface area contributed by atoms with Crippen LogP contribution in [0.15, 0.2) is 0 Å². The maximum Gasteiger partial charge on any atom is 0.303 e. The van der Waals surface area contributed by atoms with E-state index in [-0.39, 0.29) is 0 Å². The Balaban J connectivity index is 0. The first-order valence-electron chi connectivity index (χ1n) is 10.3. The van der Waals surface area contributed by atoms with Gasteiger partial charge in [-0.15, -0.1) is 0 Å². The summed E-state index contributed by atoms with van der Waals surface area (Å²) in [4.78, 5) is 11.4. The van der Waals surface area contributed by atoms with Crippen molar-refractivity contribution in [1.82, 2.24) is 4.90 Å². The number of rotatable bonds is 15. The van der Waals surface area contributed by atoms with Crippen LogP contribution in [0.5, 0.6) is 0 Å². The van der Waals surface area contributed by atoms with Crippen LogP contribution < -0.4 is 0 Å². The second-order valence-corrected chi connectivity index (χ2v) is 7.02. The summed E-state index contributed by atoms with van der Waals surface area (Å²) >= 11 is 0. The Bertz CT molecular complexity index is 290. The third-order valence-electron chi connectivity index (χ3n) is 4.29. The molecular weight excluding hydrogens is 334 g/mol. The first kappa shape index (κ1) is 27.5. The highest BCUT2D eigenvalue weighted by atomic mass is 16.4. The lowest BCUT2D eigenvalue weighted by molar-refractivity contribution is -0.159. The normalized spacial score (nSPS) is 14.5. The number of carboxylic acids is 1. The van der Waals surface area contributed by atoms with Crippen LogP contribution in [0.2, 0.25) is 0 Å². The summed E-state index contributed by atoms with van der Waals surface area (Å²) in [6.45, 7) is 6.70. The van der Waals surface area contributed by atoms with Crippen molar-refractivity contribution in [2.75, 3.05) is 0 Å². The molecule has 0 aromatic heterocycles. The largest absolute Gasteiger partial charge is 0.481 e. The number of aliphatic hydroxyl groups excluding tert-OH is 3. The maximum absolute atomic E-state index is 10.3. The lowest BCUT2D eigenvalue weighted by atomic mass is 10.1. The summed E-state index contributed by atoms with van der Waals surface area (Å²) in [6.07, 6.45) is 11.9. The molecule has 3 unspecified atom stereocenters. The third-order valence-corrected chi connectivity index (χ3v) is 4.29. The molecule has 0 aliphatic rings. The van der Waals surface area contributed by atoms with Gasteiger partial charge in [0.15, 0.2) is 0 Å². The zero-order valence-electron chi connectivity index (χ0n) is 17.4. The average molecular weight is 378 g/mol. The van der Waals surface area contributed by atoms with Crippen LogP contribution in [0, 0.1) is 0 Å². The van der Waals surface area contributed by atoms with Gasteiger partial charge in [-0.3, -0.25) is 4.79 Å². The van der Waals surface area contributed by atoms with Crippen LogP contribution in [0.3, 0.4) is 0 Å². The number of carboxylic acid groups (broad SMARTS) is 1. The average Bonchev–Trinajstić information content (AvgIpc) is 2.51. The van der Waals surface area contributed by atoms with Crippen molar-refractivity contribution in [3.05, 3.63) is 0 Å². The Morgan fingerprint density at radius 2 is 1.00 bits per heavy atom. The molecule has 6 heteroatoms. The zero-order chi connectivity index (χ0) is 20.4. The van der Waals surface area contributed by atoms with Crippen molar-refractivity contribution in [3.8, 4) is 0 Å². The number of carbonyl (C=O) groups is 1. The molecule has 0 aromatic rings. The molecule has 26 heavy (non-hydrogen) atoms. The highest BCUT2D eigenvalue weighted by Gasteiger charge is 2.20. The molecule has 0 aromatic carbocycles. The van der Waals surface area contributed by atoms with Crippen LogP contribution >= 0.6 is 0 Å². The smallest absolute Gasteiger partial charge is 0.303 e. The minimum atomic E-state index is -0.833. The second kappa shape index (κ2) is 19.1. The minimum absolute atomic E-state index is 0.344. The van der Waals surface area contributed by atoms with Crippen molar-refractivity contribution in [2.45, 2.75) is 123 Å². The SMILES string of the molecule is CC(O)N(C(C)O)C(C)O.CCCCCCCCCCCCCC(=O)O. The summed E-state index contributed by atoms with van der Waals surface area (Å²) < 4.78 is 0. The van der Waals surface area contributed by atoms with Crippen molar-refractivity contribution in [2.24, 2.45) is 0 Å². The van der Waals surface area contributed by atoms with Crippen LogP contribution in [0.25, 0.3) is 0 Å². The van der Waals surface area contributed by atoms with E-state index in [1.807, 2.05) is 0 Å². The zero-order valence-corrected chi connectivity index (χ0v) is 17.4. The van der Waals surface area contributed by atoms with Crippen molar-refractivity contribution in [1.29, 1.82) is 0 Å². The van der Waals surface area contributed by atoms with E-state index in [2.05, 4.69) is 6.92 Å². The molecule has 0 amide bonds. The van der Waals surface area contributed by atoms with Gasteiger partial charge in [0, 0.05) is 6.42 Å². The van der Waals surface area contributed by atoms with Crippen LogP contribution in [-0.2, 0) is 4.79 Å². The van der Waals surface area contributed by atoms with Gasteiger partial charge in [-0.1, -0.05) is 71.1 Å². The quantitative estimate of drug-likeness (QED) is 0.253. The minimum Gasteiger partial charge on any atom is -0.481 e. The molecule has 0 aliphatic heterocycles. The number of hydrogen-bond donors (Lipinski definition) is 4. The van der Waals surface area contributed by atoms with E-state index in [1.54, 1.807) is 0 Å². The first-order valence-corrected chi connectivity index (χ1v) is 10.3. The molecular formula is C20H43NO5. The maximum atomic E-state index is 10.3. The summed E-state index contributed by atoms with van der Waals surface area (Å²) in [5.74, 6) is -0.657. The molecule has 3 atom stereocenters. The van der Waals surface area contributed by atoms with Crippen LogP contribution in [0.1, 0.15) is 105 Å². The van der Waals surface area contributed by atoms with E-state index in [0.29, 0.717) is 6.42 Å². The summed E-state index contributed by atoms with van der Waals surface area (Å²) in [5, 5.41) is 35.3. The summed E-state index contributed by atoms with van der Waals surface area (Å²) in [6, 6.07) is 0. The molecule has 0 fully saturated rings. The van der Waals surface area contributed by atoms with Gasteiger partial charge in [0.05, 0.1) is 0 Å². The fourth-order valence-electron chi connectivity index (χ4n) is 2.88. The predicted molar refractivity (Wildman–Crippen MR) is 106 cm³/mol. The van der Waals surface area contributed by atoms with E-state index in [1.165, 1.54) is 83.5 Å². The number of unbranched alkanes of at least 4 members (excludes halogenated alkanes) is 10. The molecule has 0 radical (unpaired) electrons. The van der Waals surface area contributed by atoms with E-state index in [0.717, 1.165) is 12.8 Å². The Hall–Kier alpha value is -0.690. The molecule has 6 nitrogen and oxygen atoms in total. The van der Waals surface area contributed by atoms with Gasteiger partial charge in [0.25, 0.3) is 0 Å². The number of hydrogen-bond acceptors (Lipinski definition) is 5. The molecule has 4 N–H and O–H groups in total. The van der Waals surface area contributed by atoms with Crippen molar-refractivity contribution < 1.29 is 25.2 Å². The van der Waals surface area contributed by atoms with Gasteiger partial charge in [-0.2, -0.15) is 0 Å². The fraction of sp³-hybridized carbons (Fsp3) is 0.950. The molecule has 0 rings (SSSR count). The summed E-state index contributed by atoms with van der Waals surface area (Å²) in [7, 11) is 0. The van der Waals surface area contributed by atoms with E-state index < -0.39 is 24.7 Å². The van der Waals surface area contributed by atoms with Crippen LogP contribution in [0.4, 0.5) is 0 Å². The molecule has 0 heterocycles. The van der Waals surface area contributed by atoms with Crippen molar-refractivity contribution in [3.63, 3.8) is 0 Å². The topological polar surface area (TPSA) is 101 Å². The number of aliphatic carboxylic acids is 1.